The van der Waals surface area contributed by atoms with Crippen molar-refractivity contribution in [2.24, 2.45) is 9.98 Å². The zero-order valence-corrected chi connectivity index (χ0v) is 21.1. The zero-order valence-electron chi connectivity index (χ0n) is 21.1. The van der Waals surface area contributed by atoms with Crippen molar-refractivity contribution in [3.8, 4) is 0 Å². The molecule has 1 aliphatic carbocycles. The summed E-state index contributed by atoms with van der Waals surface area (Å²) in [5, 5.41) is 4.79. The van der Waals surface area contributed by atoms with Gasteiger partial charge in [0.25, 0.3) is 0 Å². The van der Waals surface area contributed by atoms with E-state index in [-0.39, 0.29) is 6.17 Å². The molecule has 1 N–H and O–H groups in total. The highest BCUT2D eigenvalue weighted by Crippen LogP contribution is 2.36. The second-order valence-electron chi connectivity index (χ2n) is 9.99. The Morgan fingerprint density at radius 3 is 2.32 bits per heavy atom. The lowest BCUT2D eigenvalue weighted by molar-refractivity contribution is 0.663. The van der Waals surface area contributed by atoms with Crippen molar-refractivity contribution < 1.29 is 0 Å². The molecule has 3 heterocycles. The SMILES string of the molecule is C1=C(C2=NC(c3ccccc3)NC(c3ccccc3)=C2)CCC(C2=Nc3c(ccc4cccnc34)CC2)=C1. The normalized spacial score (nSPS) is 18.8. The minimum absolute atomic E-state index is 0.113. The van der Waals surface area contributed by atoms with Crippen LogP contribution in [-0.4, -0.2) is 16.4 Å². The second-order valence-corrected chi connectivity index (χ2v) is 9.99. The van der Waals surface area contributed by atoms with Gasteiger partial charge in [-0.2, -0.15) is 0 Å². The fraction of sp³-hybridized carbons (Fsp3) is 0.147. The Balaban J connectivity index is 1.23. The van der Waals surface area contributed by atoms with Crippen molar-refractivity contribution in [2.75, 3.05) is 0 Å². The van der Waals surface area contributed by atoms with E-state index < -0.39 is 0 Å². The lowest BCUT2D eigenvalue weighted by atomic mass is 9.88. The summed E-state index contributed by atoms with van der Waals surface area (Å²) in [7, 11) is 0. The number of aryl methyl sites for hydroxylation is 1. The van der Waals surface area contributed by atoms with Crippen LogP contribution in [0.25, 0.3) is 16.6 Å². The highest BCUT2D eigenvalue weighted by molar-refractivity contribution is 6.14. The molecular formula is C34H28N4. The van der Waals surface area contributed by atoms with Crippen LogP contribution in [0.4, 0.5) is 5.69 Å². The largest absolute Gasteiger partial charge is 0.360 e. The molecule has 1 unspecified atom stereocenters. The van der Waals surface area contributed by atoms with Crippen LogP contribution in [-0.2, 0) is 6.42 Å². The highest BCUT2D eigenvalue weighted by atomic mass is 15.1. The molecular weight excluding hydrogens is 464 g/mol. The van der Waals surface area contributed by atoms with Gasteiger partial charge in [-0.1, -0.05) is 91.0 Å². The number of allylic oxidation sites excluding steroid dienone is 5. The van der Waals surface area contributed by atoms with E-state index in [0.29, 0.717) is 0 Å². The van der Waals surface area contributed by atoms with E-state index in [2.05, 4.69) is 101 Å². The Morgan fingerprint density at radius 1 is 0.711 bits per heavy atom. The smallest absolute Gasteiger partial charge is 0.145 e. The Morgan fingerprint density at radius 2 is 1.50 bits per heavy atom. The number of hydrogen-bond acceptors (Lipinski definition) is 4. The van der Waals surface area contributed by atoms with Gasteiger partial charge < -0.3 is 5.32 Å². The molecule has 0 fully saturated rings. The Kier molecular flexibility index (Phi) is 5.78. The van der Waals surface area contributed by atoms with E-state index in [1.165, 1.54) is 28.0 Å². The summed E-state index contributed by atoms with van der Waals surface area (Å²) in [6.07, 6.45) is 12.4. The first-order valence-electron chi connectivity index (χ1n) is 13.3. The third-order valence-corrected chi connectivity index (χ3v) is 7.60. The van der Waals surface area contributed by atoms with Gasteiger partial charge in [-0.15, -0.1) is 0 Å². The van der Waals surface area contributed by atoms with Crippen molar-refractivity contribution in [3.05, 3.63) is 137 Å². The fourth-order valence-corrected chi connectivity index (χ4v) is 5.55. The Bertz CT molecular complexity index is 1670. The van der Waals surface area contributed by atoms with Crippen LogP contribution in [0.15, 0.2) is 130 Å². The molecule has 1 atom stereocenters. The highest BCUT2D eigenvalue weighted by Gasteiger charge is 2.23. The number of fused-ring (bicyclic) bond motifs is 3. The molecule has 3 aliphatic rings. The molecule has 4 aromatic rings. The standard InChI is InChI=1S/C34H28N4/c1-3-8-23(9-4-1)30-22-31(38-34(37-30)28-10-5-2-6-11-28)25-15-13-24(14-16-25)29-20-19-27-18-17-26-12-7-21-35-32(26)33(27)36-29/h1-13,15,17-18,21-22,34,37H,14,16,19-20H2. The van der Waals surface area contributed by atoms with Crippen LogP contribution in [0.3, 0.4) is 0 Å². The van der Waals surface area contributed by atoms with Gasteiger partial charge in [-0.3, -0.25) is 15.0 Å². The molecule has 0 radical (unpaired) electrons. The summed E-state index contributed by atoms with van der Waals surface area (Å²) >= 11 is 0. The summed E-state index contributed by atoms with van der Waals surface area (Å²) < 4.78 is 0. The van der Waals surface area contributed by atoms with Gasteiger partial charge in [0.05, 0.1) is 16.9 Å². The summed E-state index contributed by atoms with van der Waals surface area (Å²) in [5.41, 5.74) is 11.6. The molecule has 7 rings (SSSR count). The average molecular weight is 493 g/mol. The molecule has 1 aromatic heterocycles. The molecule has 4 nitrogen and oxygen atoms in total. The number of pyridine rings is 1. The van der Waals surface area contributed by atoms with E-state index in [1.54, 1.807) is 0 Å². The molecule has 0 spiro atoms. The number of hydrogen-bond donors (Lipinski definition) is 1. The molecule has 0 bridgehead atoms. The minimum Gasteiger partial charge on any atom is -0.360 e. The number of rotatable bonds is 4. The molecule has 0 amide bonds. The fourth-order valence-electron chi connectivity index (χ4n) is 5.55. The maximum Gasteiger partial charge on any atom is 0.145 e. The van der Waals surface area contributed by atoms with E-state index in [9.17, 15) is 0 Å². The van der Waals surface area contributed by atoms with Crippen LogP contribution in [0.1, 0.15) is 42.1 Å². The quantitative estimate of drug-likeness (QED) is 0.318. The molecule has 4 heteroatoms. The molecule has 0 saturated heterocycles. The summed E-state index contributed by atoms with van der Waals surface area (Å²) in [4.78, 5) is 14.9. The third-order valence-electron chi connectivity index (χ3n) is 7.60. The van der Waals surface area contributed by atoms with Gasteiger partial charge >= 0.3 is 0 Å². The number of benzene rings is 3. The molecule has 38 heavy (non-hydrogen) atoms. The van der Waals surface area contributed by atoms with Gasteiger partial charge in [0.15, 0.2) is 0 Å². The van der Waals surface area contributed by atoms with Gasteiger partial charge in [0, 0.05) is 23.0 Å². The minimum atomic E-state index is -0.113. The van der Waals surface area contributed by atoms with Crippen LogP contribution in [0, 0.1) is 0 Å². The predicted molar refractivity (Wildman–Crippen MR) is 157 cm³/mol. The van der Waals surface area contributed by atoms with Crippen molar-refractivity contribution in [1.82, 2.24) is 10.3 Å². The Labute approximate surface area is 222 Å². The lowest BCUT2D eigenvalue weighted by Gasteiger charge is -2.27. The van der Waals surface area contributed by atoms with Gasteiger partial charge in [0.1, 0.15) is 6.17 Å². The zero-order chi connectivity index (χ0) is 25.3. The predicted octanol–water partition coefficient (Wildman–Crippen LogP) is 7.68. The van der Waals surface area contributed by atoms with Crippen molar-refractivity contribution in [1.29, 1.82) is 0 Å². The summed E-state index contributed by atoms with van der Waals surface area (Å²) in [5.74, 6) is 0. The first kappa shape index (κ1) is 22.6. The number of nitrogens with one attached hydrogen (secondary N) is 1. The van der Waals surface area contributed by atoms with Gasteiger partial charge in [0.2, 0.25) is 0 Å². The van der Waals surface area contributed by atoms with E-state index in [4.69, 9.17) is 9.98 Å². The van der Waals surface area contributed by atoms with Crippen LogP contribution in [0.5, 0.6) is 0 Å². The monoisotopic (exact) mass is 492 g/mol. The van der Waals surface area contributed by atoms with Crippen molar-refractivity contribution in [2.45, 2.75) is 31.8 Å². The third kappa shape index (κ3) is 4.28. The summed E-state index contributed by atoms with van der Waals surface area (Å²) in [6.45, 7) is 0. The number of aliphatic imine (C=N–C) groups is 2. The molecule has 3 aromatic carbocycles. The number of nitrogens with zero attached hydrogens (tertiary/aromatic N) is 3. The van der Waals surface area contributed by atoms with Crippen molar-refractivity contribution >= 4 is 33.7 Å². The van der Waals surface area contributed by atoms with E-state index in [0.717, 1.165) is 59.2 Å². The lowest BCUT2D eigenvalue weighted by Crippen LogP contribution is -2.25. The average Bonchev–Trinajstić information content (AvgIpc) is 3.01. The summed E-state index contributed by atoms with van der Waals surface area (Å²) in [6, 6.07) is 29.4. The van der Waals surface area contributed by atoms with Crippen LogP contribution < -0.4 is 5.32 Å². The van der Waals surface area contributed by atoms with Crippen LogP contribution in [0.2, 0.25) is 0 Å². The number of aromatic nitrogens is 1. The Hall–Kier alpha value is -4.57. The second kappa shape index (κ2) is 9.71. The first-order chi connectivity index (χ1) is 18.8. The molecule has 2 aliphatic heterocycles. The first-order valence-corrected chi connectivity index (χ1v) is 13.3. The maximum atomic E-state index is 5.15. The van der Waals surface area contributed by atoms with Gasteiger partial charge in [-0.25, -0.2) is 0 Å². The van der Waals surface area contributed by atoms with E-state index in [1.807, 2.05) is 18.3 Å². The maximum absolute atomic E-state index is 5.15. The van der Waals surface area contributed by atoms with Crippen molar-refractivity contribution in [3.63, 3.8) is 0 Å². The molecule has 184 valence electrons. The van der Waals surface area contributed by atoms with Gasteiger partial charge in [-0.05, 0) is 65.7 Å². The van der Waals surface area contributed by atoms with Crippen LogP contribution >= 0.6 is 0 Å². The van der Waals surface area contributed by atoms with E-state index >= 15 is 0 Å². The molecule has 0 saturated carbocycles. The topological polar surface area (TPSA) is 49.6 Å².